The summed E-state index contributed by atoms with van der Waals surface area (Å²) in [6.45, 7) is 0. The third kappa shape index (κ3) is 149. The van der Waals surface area contributed by atoms with E-state index in [4.69, 9.17) is 26.6 Å². The fourth-order valence-corrected chi connectivity index (χ4v) is 0. The van der Waals surface area contributed by atoms with E-state index in [1.54, 1.807) is 0 Å². The van der Waals surface area contributed by atoms with E-state index in [0.29, 0.717) is 0 Å². The summed E-state index contributed by atoms with van der Waals surface area (Å²) in [7, 11) is -2.85. The molecule has 10 heavy (non-hydrogen) atoms. The fourth-order valence-electron chi connectivity index (χ4n) is 0. The van der Waals surface area contributed by atoms with E-state index in [-0.39, 0.29) is 59.1 Å². The van der Waals surface area contributed by atoms with Crippen LogP contribution in [0.15, 0.2) is 0 Å². The molecule has 0 rings (SSSR count). The average Bonchev–Trinajstić information content (AvgIpc) is 1.25. The first-order valence-electron chi connectivity index (χ1n) is 0.926. The Balaban J connectivity index is -0.0000000300. The van der Waals surface area contributed by atoms with Gasteiger partial charge in [0.2, 0.25) is 14.8 Å². The van der Waals surface area contributed by atoms with Crippen LogP contribution in [0.3, 0.4) is 0 Å². The van der Waals surface area contributed by atoms with Crippen LogP contribution in [0.25, 0.3) is 0 Å². The summed E-state index contributed by atoms with van der Waals surface area (Å²) in [6.07, 6.45) is 0. The molecule has 0 fully saturated rings. The van der Waals surface area contributed by atoms with E-state index < -0.39 is 25.6 Å². The maximum absolute atomic E-state index is 8.52. The second-order valence-corrected chi connectivity index (χ2v) is 1.55. The van der Waals surface area contributed by atoms with Gasteiger partial charge in [0.05, 0.1) is 10.8 Å². The van der Waals surface area contributed by atoms with Crippen molar-refractivity contribution in [1.29, 1.82) is 0 Å². The smallest absolute Gasteiger partial charge is 0.405 e. The Hall–Kier alpha value is 2.53. The molecule has 0 aliphatic carbocycles. The van der Waals surface area contributed by atoms with Crippen LogP contribution in [0.1, 0.15) is 0 Å². The molecule has 0 amide bonds. The third-order valence-electron chi connectivity index (χ3n) is 0. The van der Waals surface area contributed by atoms with Crippen LogP contribution in [0.4, 0.5) is 0 Å². The van der Waals surface area contributed by atoms with Gasteiger partial charge in [0.15, 0.2) is 0 Å². The zero-order valence-corrected chi connectivity index (χ0v) is 11.5. The first-order valence-corrected chi connectivity index (χ1v) is 3.79. The summed E-state index contributed by atoms with van der Waals surface area (Å²) in [6, 6.07) is 0. The van der Waals surface area contributed by atoms with E-state index in [1.807, 2.05) is 0 Å². The maximum Gasteiger partial charge on any atom is 1.00 e. The molecule has 0 aliphatic rings. The van der Waals surface area contributed by atoms with Crippen LogP contribution in [-0.4, -0.2) is 0 Å². The molecule has 0 spiro atoms. The minimum atomic E-state index is -3.65. The van der Waals surface area contributed by atoms with Gasteiger partial charge in [-0.15, -0.1) is 0 Å². The normalized spacial score (nSPS) is 7.20. The molecule has 0 aliphatic heterocycles. The summed E-state index contributed by atoms with van der Waals surface area (Å²) in [5, 5.41) is 0. The summed E-state index contributed by atoms with van der Waals surface area (Å²) >= 11 is -3.65. The zero-order chi connectivity index (χ0) is 7.15. The zero-order valence-electron chi connectivity index (χ0n) is 5.21. The fraction of sp³-hybridized carbons (Fsp3) is 0. The molecular formula is BrClNa2O6. The predicted octanol–water partition coefficient (Wildman–Crippen LogP) is -13.1. The van der Waals surface area contributed by atoms with E-state index >= 15 is 0 Å². The van der Waals surface area contributed by atoms with Gasteiger partial charge in [-0.25, -0.2) is 0 Å². The Kier molecular flexibility index (Phi) is 40.2. The van der Waals surface area contributed by atoms with E-state index in [1.165, 1.54) is 0 Å². The van der Waals surface area contributed by atoms with Crippen molar-refractivity contribution in [2.24, 2.45) is 0 Å². The minimum absolute atomic E-state index is 0. The minimum Gasteiger partial charge on any atom is -0.405 e. The van der Waals surface area contributed by atoms with Gasteiger partial charge >= 0.3 is 59.1 Å². The van der Waals surface area contributed by atoms with Crippen LogP contribution < -0.4 is 85.7 Å². The topological polar surface area (TPSA) is 138 Å². The molecule has 0 aromatic heterocycles. The molecule has 6 nitrogen and oxygen atoms in total. The Morgan fingerprint density at radius 3 is 0.800 bits per heavy atom. The van der Waals surface area contributed by atoms with Crippen LogP contribution in [0, 0.1) is 25.6 Å². The van der Waals surface area contributed by atoms with Gasteiger partial charge in [0.25, 0.3) is 0 Å². The molecule has 0 radical (unpaired) electrons. The van der Waals surface area contributed by atoms with Crippen LogP contribution in [-0.2, 0) is 0 Å². The SMILES string of the molecule is [Na+].[Na+].[O-][Br+2]([O-])[O-].[O-][Cl+2]([O-])[O-]. The number of rotatable bonds is 0. The number of halogens is 2. The third-order valence-corrected chi connectivity index (χ3v) is 0. The second kappa shape index (κ2) is 17.6. The van der Waals surface area contributed by atoms with Gasteiger partial charge in [-0.1, -0.05) is 0 Å². The molecule has 0 aromatic carbocycles. The Morgan fingerprint density at radius 2 is 0.800 bits per heavy atom. The van der Waals surface area contributed by atoms with Gasteiger partial charge < -0.3 is 26.6 Å². The average molecular weight is 257 g/mol. The van der Waals surface area contributed by atoms with Crippen molar-refractivity contribution in [1.82, 2.24) is 0 Å². The van der Waals surface area contributed by atoms with E-state index in [9.17, 15) is 0 Å². The Labute approximate surface area is 110 Å². The first kappa shape index (κ1) is 22.9. The molecule has 0 N–H and O–H groups in total. The van der Waals surface area contributed by atoms with Gasteiger partial charge in [-0.05, 0) is 0 Å². The van der Waals surface area contributed by atoms with Crippen molar-refractivity contribution in [3.8, 4) is 0 Å². The molecule has 52 valence electrons. The van der Waals surface area contributed by atoms with Gasteiger partial charge in [0, 0.05) is 0 Å². The summed E-state index contributed by atoms with van der Waals surface area (Å²) in [5.41, 5.74) is 0. The molecule has 0 atom stereocenters. The van der Waals surface area contributed by atoms with Crippen LogP contribution in [0.2, 0.25) is 0 Å². The Bertz CT molecular complexity index is 31.2. The van der Waals surface area contributed by atoms with Crippen molar-refractivity contribution in [3.05, 3.63) is 0 Å². The molecule has 0 saturated heterocycles. The molecule has 10 heteroatoms. The van der Waals surface area contributed by atoms with Crippen LogP contribution in [0.5, 0.6) is 0 Å². The van der Waals surface area contributed by atoms with Crippen molar-refractivity contribution in [3.63, 3.8) is 0 Å². The maximum atomic E-state index is 8.52. The van der Waals surface area contributed by atoms with Crippen molar-refractivity contribution in [2.75, 3.05) is 0 Å². The standard InChI is InChI=1S/BrO3.ClO3.2Na/c2*2-1(3)4;;/q2*-1;2*+1. The van der Waals surface area contributed by atoms with E-state index in [0.717, 1.165) is 0 Å². The predicted molar refractivity (Wildman–Crippen MR) is 0 cm³/mol. The summed E-state index contributed by atoms with van der Waals surface area (Å²) < 4.78 is 50.8. The summed E-state index contributed by atoms with van der Waals surface area (Å²) in [4.78, 5) is 0. The molecule has 0 unspecified atom stereocenters. The number of hydrogen-bond acceptors (Lipinski definition) is 6. The number of hydrogen-bond donors (Lipinski definition) is 0. The van der Waals surface area contributed by atoms with Crippen LogP contribution >= 0.6 is 0 Å². The first-order chi connectivity index (χ1) is 3.46. The molecule has 0 bridgehead atoms. The van der Waals surface area contributed by atoms with Gasteiger partial charge in [-0.3, -0.25) is 0 Å². The van der Waals surface area contributed by atoms with E-state index in [2.05, 4.69) is 0 Å². The molecule has 0 heterocycles. The van der Waals surface area contributed by atoms with Gasteiger partial charge in [-0.2, -0.15) is 0 Å². The quantitative estimate of drug-likeness (QED) is 0.395. The van der Waals surface area contributed by atoms with Crippen molar-refractivity contribution < 1.29 is 111 Å². The largest absolute Gasteiger partial charge is 1.00 e. The van der Waals surface area contributed by atoms with Crippen molar-refractivity contribution in [2.45, 2.75) is 0 Å². The summed E-state index contributed by atoms with van der Waals surface area (Å²) in [5.74, 6) is 0. The molecule has 0 aromatic rings. The molecule has 0 saturated carbocycles. The Morgan fingerprint density at radius 1 is 0.800 bits per heavy atom. The van der Waals surface area contributed by atoms with Gasteiger partial charge in [0.1, 0.15) is 0 Å². The van der Waals surface area contributed by atoms with Crippen molar-refractivity contribution >= 4 is 0 Å². The molecular weight excluding hydrogens is 257 g/mol. The monoisotopic (exact) mass is 256 g/mol. The second-order valence-electron chi connectivity index (χ2n) is 0.378.